The summed E-state index contributed by atoms with van der Waals surface area (Å²) >= 11 is 3.15. The van der Waals surface area contributed by atoms with Gasteiger partial charge in [-0.2, -0.15) is 4.39 Å². The largest absolute Gasteiger partial charge is 0.490 e. The van der Waals surface area contributed by atoms with Gasteiger partial charge in [0, 0.05) is 17.5 Å². The Bertz CT molecular complexity index is 317. The molecule has 1 nitrogen and oxygen atoms in total. The molecule has 0 bridgehead atoms. The average Bonchev–Trinajstić information content (AvgIpc) is 2.13. The highest BCUT2D eigenvalue weighted by atomic mass is 79.9. The SMILES string of the molecule is Fc1cc(F)c(F)c(OCCCBr)c1. The van der Waals surface area contributed by atoms with Crippen LogP contribution in [-0.4, -0.2) is 11.9 Å². The van der Waals surface area contributed by atoms with Crippen LogP contribution in [-0.2, 0) is 0 Å². The Morgan fingerprint density at radius 2 is 1.93 bits per heavy atom. The van der Waals surface area contributed by atoms with Gasteiger partial charge in [0.1, 0.15) is 5.82 Å². The van der Waals surface area contributed by atoms with Gasteiger partial charge < -0.3 is 4.74 Å². The van der Waals surface area contributed by atoms with E-state index in [1.807, 2.05) is 0 Å². The molecule has 0 saturated carbocycles. The molecule has 78 valence electrons. The summed E-state index contributed by atoms with van der Waals surface area (Å²) in [6, 6.07) is 1.30. The Hall–Kier alpha value is -0.710. The van der Waals surface area contributed by atoms with Gasteiger partial charge in [0.15, 0.2) is 11.6 Å². The first kappa shape index (κ1) is 11.4. The molecule has 0 spiro atoms. The van der Waals surface area contributed by atoms with Crippen molar-refractivity contribution in [3.05, 3.63) is 29.6 Å². The molecule has 1 rings (SSSR count). The molecule has 0 amide bonds. The minimum absolute atomic E-state index is 0.213. The lowest BCUT2D eigenvalue weighted by molar-refractivity contribution is 0.294. The molecule has 0 aromatic heterocycles. The maximum Gasteiger partial charge on any atom is 0.200 e. The lowest BCUT2D eigenvalue weighted by Gasteiger charge is -2.06. The van der Waals surface area contributed by atoms with Crippen LogP contribution in [0.1, 0.15) is 6.42 Å². The van der Waals surface area contributed by atoms with E-state index in [9.17, 15) is 13.2 Å². The number of alkyl halides is 1. The molecule has 14 heavy (non-hydrogen) atoms. The summed E-state index contributed by atoms with van der Waals surface area (Å²) < 4.78 is 43.1. The molecule has 0 fully saturated rings. The molecule has 0 saturated heterocycles. The molecule has 1 aromatic carbocycles. The van der Waals surface area contributed by atoms with Crippen LogP contribution in [0.3, 0.4) is 0 Å². The van der Waals surface area contributed by atoms with Gasteiger partial charge in [-0.1, -0.05) is 15.9 Å². The van der Waals surface area contributed by atoms with Crippen molar-refractivity contribution in [1.82, 2.24) is 0 Å². The monoisotopic (exact) mass is 268 g/mol. The second-order valence-electron chi connectivity index (χ2n) is 2.59. The predicted octanol–water partition coefficient (Wildman–Crippen LogP) is 3.27. The van der Waals surface area contributed by atoms with Crippen molar-refractivity contribution >= 4 is 15.9 Å². The first-order chi connectivity index (χ1) is 6.65. The number of benzene rings is 1. The zero-order chi connectivity index (χ0) is 10.6. The van der Waals surface area contributed by atoms with E-state index in [1.54, 1.807) is 0 Å². The fraction of sp³-hybridized carbons (Fsp3) is 0.333. The third-order valence-electron chi connectivity index (χ3n) is 1.50. The zero-order valence-corrected chi connectivity index (χ0v) is 8.78. The van der Waals surface area contributed by atoms with Crippen LogP contribution in [0.25, 0.3) is 0 Å². The van der Waals surface area contributed by atoms with Gasteiger partial charge in [-0.05, 0) is 6.42 Å². The van der Waals surface area contributed by atoms with Crippen LogP contribution >= 0.6 is 15.9 Å². The van der Waals surface area contributed by atoms with Crippen molar-refractivity contribution < 1.29 is 17.9 Å². The van der Waals surface area contributed by atoms with E-state index in [-0.39, 0.29) is 12.4 Å². The lowest BCUT2D eigenvalue weighted by Crippen LogP contribution is -2.01. The Morgan fingerprint density at radius 3 is 2.57 bits per heavy atom. The average molecular weight is 269 g/mol. The van der Waals surface area contributed by atoms with Crippen molar-refractivity contribution in [1.29, 1.82) is 0 Å². The first-order valence-electron chi connectivity index (χ1n) is 3.98. The van der Waals surface area contributed by atoms with Gasteiger partial charge in [-0.3, -0.25) is 0 Å². The van der Waals surface area contributed by atoms with Gasteiger partial charge >= 0.3 is 0 Å². The highest BCUT2D eigenvalue weighted by Crippen LogP contribution is 2.21. The number of hydrogen-bond donors (Lipinski definition) is 0. The maximum atomic E-state index is 12.9. The van der Waals surface area contributed by atoms with E-state index in [0.29, 0.717) is 17.8 Å². The molecule has 0 N–H and O–H groups in total. The highest BCUT2D eigenvalue weighted by Gasteiger charge is 2.11. The topological polar surface area (TPSA) is 9.23 Å². The summed E-state index contributed by atoms with van der Waals surface area (Å²) in [7, 11) is 0. The van der Waals surface area contributed by atoms with Crippen molar-refractivity contribution in [2.45, 2.75) is 6.42 Å². The third kappa shape index (κ3) is 2.90. The van der Waals surface area contributed by atoms with Gasteiger partial charge in [0.2, 0.25) is 5.82 Å². The normalized spacial score (nSPS) is 10.3. The quantitative estimate of drug-likeness (QED) is 0.463. The Labute approximate surface area is 88.0 Å². The standard InChI is InChI=1S/C9H8BrF3O/c10-2-1-3-14-8-5-6(11)4-7(12)9(8)13/h4-5H,1-3H2. The van der Waals surface area contributed by atoms with Crippen molar-refractivity contribution in [3.8, 4) is 5.75 Å². The van der Waals surface area contributed by atoms with Gasteiger partial charge in [-0.15, -0.1) is 0 Å². The number of rotatable bonds is 4. The summed E-state index contributed by atoms with van der Waals surface area (Å²) in [6.07, 6.45) is 0.636. The minimum Gasteiger partial charge on any atom is -0.490 e. The molecule has 0 heterocycles. The van der Waals surface area contributed by atoms with E-state index < -0.39 is 17.5 Å². The number of halogens is 4. The molecule has 0 aliphatic rings. The van der Waals surface area contributed by atoms with Crippen molar-refractivity contribution in [3.63, 3.8) is 0 Å². The molecular weight excluding hydrogens is 261 g/mol. The lowest BCUT2D eigenvalue weighted by atomic mass is 10.3. The van der Waals surface area contributed by atoms with E-state index in [0.717, 1.165) is 6.07 Å². The van der Waals surface area contributed by atoms with Gasteiger partial charge in [-0.25, -0.2) is 8.78 Å². The zero-order valence-electron chi connectivity index (χ0n) is 7.20. The van der Waals surface area contributed by atoms with E-state index in [2.05, 4.69) is 15.9 Å². The second kappa shape index (κ2) is 5.24. The summed E-state index contributed by atoms with van der Waals surface area (Å²) in [5, 5.41) is 0.687. The smallest absolute Gasteiger partial charge is 0.200 e. The summed E-state index contributed by atoms with van der Waals surface area (Å²) in [6.45, 7) is 0.213. The fourth-order valence-electron chi connectivity index (χ4n) is 0.874. The summed E-state index contributed by atoms with van der Waals surface area (Å²) in [4.78, 5) is 0. The van der Waals surface area contributed by atoms with Crippen LogP contribution in [0.4, 0.5) is 13.2 Å². The van der Waals surface area contributed by atoms with Gasteiger partial charge in [0.25, 0.3) is 0 Å². The molecule has 0 aliphatic heterocycles. The van der Waals surface area contributed by atoms with Crippen molar-refractivity contribution in [2.24, 2.45) is 0 Å². The minimum atomic E-state index is -1.24. The van der Waals surface area contributed by atoms with E-state index >= 15 is 0 Å². The fourth-order valence-corrected chi connectivity index (χ4v) is 1.10. The molecule has 0 aliphatic carbocycles. The predicted molar refractivity (Wildman–Crippen MR) is 50.2 cm³/mol. The number of ether oxygens (including phenoxy) is 1. The molecule has 5 heteroatoms. The van der Waals surface area contributed by atoms with E-state index in [4.69, 9.17) is 4.74 Å². The molecular formula is C9H8BrF3O. The Balaban J connectivity index is 2.75. The molecule has 0 radical (unpaired) electrons. The molecule has 0 unspecified atom stereocenters. The number of hydrogen-bond acceptors (Lipinski definition) is 1. The van der Waals surface area contributed by atoms with Crippen LogP contribution < -0.4 is 4.74 Å². The Kier molecular flexibility index (Phi) is 4.25. The maximum absolute atomic E-state index is 12.9. The van der Waals surface area contributed by atoms with Crippen LogP contribution in [0.15, 0.2) is 12.1 Å². The highest BCUT2D eigenvalue weighted by molar-refractivity contribution is 9.09. The Morgan fingerprint density at radius 1 is 1.21 bits per heavy atom. The summed E-state index contributed by atoms with van der Waals surface area (Å²) in [5.41, 5.74) is 0. The first-order valence-corrected chi connectivity index (χ1v) is 5.10. The molecule has 0 atom stereocenters. The van der Waals surface area contributed by atoms with Crippen LogP contribution in [0.2, 0.25) is 0 Å². The van der Waals surface area contributed by atoms with Crippen LogP contribution in [0.5, 0.6) is 5.75 Å². The van der Waals surface area contributed by atoms with Crippen molar-refractivity contribution in [2.75, 3.05) is 11.9 Å². The summed E-state index contributed by atoms with van der Waals surface area (Å²) in [5.74, 6) is -3.62. The van der Waals surface area contributed by atoms with Gasteiger partial charge in [0.05, 0.1) is 6.61 Å². The molecule has 1 aromatic rings. The second-order valence-corrected chi connectivity index (χ2v) is 3.38. The van der Waals surface area contributed by atoms with Crippen LogP contribution in [0, 0.1) is 17.5 Å². The van der Waals surface area contributed by atoms with E-state index in [1.165, 1.54) is 0 Å². The third-order valence-corrected chi connectivity index (χ3v) is 2.06.